The van der Waals surface area contributed by atoms with Crippen molar-refractivity contribution in [3.05, 3.63) is 71.8 Å². The molecule has 1 nitrogen and oxygen atoms in total. The fraction of sp³-hybridized carbons (Fsp3) is 0.286. The molecule has 0 saturated heterocycles. The normalized spacial score (nSPS) is 13.2. The van der Waals surface area contributed by atoms with Crippen molar-refractivity contribution >= 4 is 43.4 Å². The molecule has 1 heterocycles. The molecule has 5 aromatic rings. The summed E-state index contributed by atoms with van der Waals surface area (Å²) in [5.74, 6) is 0. The van der Waals surface area contributed by atoms with Crippen molar-refractivity contribution in [3.63, 3.8) is 0 Å². The lowest BCUT2D eigenvalue weighted by molar-refractivity contribution is 0.591. The van der Waals surface area contributed by atoms with Crippen molar-refractivity contribution in [2.24, 2.45) is 0 Å². The summed E-state index contributed by atoms with van der Waals surface area (Å²) in [7, 11) is 0. The number of hydrogen-bond donors (Lipinski definition) is 1. The maximum absolute atomic E-state index is 3.65. The smallest absolute Gasteiger partial charge is 0.0471 e. The van der Waals surface area contributed by atoms with E-state index in [9.17, 15) is 0 Å². The Kier molecular flexibility index (Phi) is 3.68. The predicted molar refractivity (Wildman–Crippen MR) is 128 cm³/mol. The molecular weight excluding hydrogens is 350 g/mol. The van der Waals surface area contributed by atoms with Gasteiger partial charge in [0.15, 0.2) is 0 Å². The van der Waals surface area contributed by atoms with E-state index in [0.29, 0.717) is 0 Å². The van der Waals surface area contributed by atoms with Gasteiger partial charge >= 0.3 is 0 Å². The second-order valence-electron chi connectivity index (χ2n) is 10.5. The van der Waals surface area contributed by atoms with E-state index >= 15 is 0 Å². The first-order valence-electron chi connectivity index (χ1n) is 10.5. The van der Waals surface area contributed by atoms with Crippen LogP contribution in [0, 0.1) is 0 Å². The summed E-state index contributed by atoms with van der Waals surface area (Å²) in [4.78, 5) is 3.65. The second kappa shape index (κ2) is 5.86. The number of H-pyrrole nitrogens is 1. The van der Waals surface area contributed by atoms with E-state index in [1.807, 2.05) is 0 Å². The molecule has 0 atom stereocenters. The molecule has 0 bridgehead atoms. The molecule has 0 spiro atoms. The molecule has 5 rings (SSSR count). The quantitative estimate of drug-likeness (QED) is 0.279. The van der Waals surface area contributed by atoms with Crippen LogP contribution in [-0.4, -0.2) is 4.98 Å². The molecule has 0 amide bonds. The lowest BCUT2D eigenvalue weighted by Gasteiger charge is -2.20. The Morgan fingerprint density at radius 2 is 0.931 bits per heavy atom. The summed E-state index contributed by atoms with van der Waals surface area (Å²) in [6, 6.07) is 22.9. The third kappa shape index (κ3) is 2.83. The van der Waals surface area contributed by atoms with Gasteiger partial charge < -0.3 is 4.98 Å². The number of aromatic amines is 1. The molecule has 0 aliphatic carbocycles. The first-order chi connectivity index (χ1) is 13.6. The number of fused-ring (bicyclic) bond motifs is 7. The summed E-state index contributed by atoms with van der Waals surface area (Å²) in [6.07, 6.45) is 0. The van der Waals surface area contributed by atoms with Gasteiger partial charge in [-0.1, -0.05) is 90.1 Å². The highest BCUT2D eigenvalue weighted by molar-refractivity contribution is 6.27. The lowest BCUT2D eigenvalue weighted by Crippen LogP contribution is -2.10. The average molecular weight is 380 g/mol. The Morgan fingerprint density at radius 1 is 0.517 bits per heavy atom. The number of benzene rings is 4. The van der Waals surface area contributed by atoms with Gasteiger partial charge in [0.05, 0.1) is 0 Å². The van der Waals surface area contributed by atoms with Crippen molar-refractivity contribution in [1.29, 1.82) is 0 Å². The van der Waals surface area contributed by atoms with Crippen molar-refractivity contribution in [1.82, 2.24) is 4.98 Å². The summed E-state index contributed by atoms with van der Waals surface area (Å²) >= 11 is 0. The highest BCUT2D eigenvalue weighted by Crippen LogP contribution is 2.38. The van der Waals surface area contributed by atoms with Gasteiger partial charge in [-0.3, -0.25) is 0 Å². The Labute approximate surface area is 172 Å². The van der Waals surface area contributed by atoms with Gasteiger partial charge in [-0.05, 0) is 55.6 Å². The Hall–Kier alpha value is -2.80. The van der Waals surface area contributed by atoms with Crippen LogP contribution >= 0.6 is 0 Å². The van der Waals surface area contributed by atoms with Gasteiger partial charge in [0, 0.05) is 21.8 Å². The van der Waals surface area contributed by atoms with Crippen LogP contribution in [0.2, 0.25) is 0 Å². The molecule has 1 aromatic heterocycles. The van der Waals surface area contributed by atoms with Crippen LogP contribution in [0.1, 0.15) is 52.7 Å². The average Bonchev–Trinajstić information content (AvgIpc) is 3.05. The lowest BCUT2D eigenvalue weighted by atomic mass is 9.85. The van der Waals surface area contributed by atoms with E-state index < -0.39 is 0 Å². The Balaban J connectivity index is 1.89. The zero-order chi connectivity index (χ0) is 20.6. The molecule has 1 heteroatoms. The van der Waals surface area contributed by atoms with E-state index in [4.69, 9.17) is 0 Å². The largest absolute Gasteiger partial charge is 0.354 e. The van der Waals surface area contributed by atoms with Gasteiger partial charge in [0.1, 0.15) is 0 Å². The van der Waals surface area contributed by atoms with Gasteiger partial charge in [0.25, 0.3) is 0 Å². The maximum Gasteiger partial charge on any atom is 0.0471 e. The molecule has 0 fully saturated rings. The minimum atomic E-state index is 0.152. The Bertz CT molecular complexity index is 1290. The molecule has 146 valence electrons. The molecule has 0 saturated carbocycles. The highest BCUT2D eigenvalue weighted by atomic mass is 14.7. The number of rotatable bonds is 0. The van der Waals surface area contributed by atoms with Crippen molar-refractivity contribution in [3.8, 4) is 0 Å². The zero-order valence-corrected chi connectivity index (χ0v) is 18.3. The summed E-state index contributed by atoms with van der Waals surface area (Å²) in [5.41, 5.74) is 5.48. The third-order valence-electron chi connectivity index (χ3n) is 6.29. The molecular formula is C28H29N. The van der Waals surface area contributed by atoms with Crippen LogP contribution in [-0.2, 0) is 10.8 Å². The fourth-order valence-corrected chi connectivity index (χ4v) is 4.48. The van der Waals surface area contributed by atoms with Crippen LogP contribution in [0.15, 0.2) is 60.7 Å². The van der Waals surface area contributed by atoms with Gasteiger partial charge in [-0.15, -0.1) is 0 Å². The van der Waals surface area contributed by atoms with Crippen LogP contribution < -0.4 is 0 Å². The molecule has 29 heavy (non-hydrogen) atoms. The second-order valence-corrected chi connectivity index (χ2v) is 10.5. The van der Waals surface area contributed by atoms with Crippen LogP contribution in [0.3, 0.4) is 0 Å². The highest BCUT2D eigenvalue weighted by Gasteiger charge is 2.18. The summed E-state index contributed by atoms with van der Waals surface area (Å²) in [5, 5.41) is 7.96. The van der Waals surface area contributed by atoms with E-state index in [2.05, 4.69) is 107 Å². The van der Waals surface area contributed by atoms with Crippen LogP contribution in [0.4, 0.5) is 0 Å². The van der Waals surface area contributed by atoms with Gasteiger partial charge in [-0.25, -0.2) is 0 Å². The van der Waals surface area contributed by atoms with Crippen molar-refractivity contribution in [2.45, 2.75) is 52.4 Å². The molecule has 0 aliphatic heterocycles. The molecule has 1 N–H and O–H groups in total. The minimum Gasteiger partial charge on any atom is -0.354 e. The molecule has 0 radical (unpaired) electrons. The van der Waals surface area contributed by atoms with Gasteiger partial charge in [0.2, 0.25) is 0 Å². The summed E-state index contributed by atoms with van der Waals surface area (Å²) < 4.78 is 0. The summed E-state index contributed by atoms with van der Waals surface area (Å²) in [6.45, 7) is 13.7. The standard InChI is InChI=1S/C28H29N/c1-27(2,3)19-9-11-21-17(15-19)7-13-23-25(21)26-22-12-10-20(28(4,5)6)16-18(22)8-14-24(26)29-23/h7-16,29H,1-6H3. The van der Waals surface area contributed by atoms with Crippen LogP contribution in [0.25, 0.3) is 43.4 Å². The SMILES string of the molecule is CC(C)(C)c1ccc2c(ccc3[nH]c4ccc5cc(C(C)(C)C)ccc5c4c32)c1. The van der Waals surface area contributed by atoms with E-state index in [1.165, 1.54) is 54.5 Å². The third-order valence-corrected chi connectivity index (χ3v) is 6.29. The predicted octanol–water partition coefficient (Wildman–Crippen LogP) is 8.22. The monoisotopic (exact) mass is 379 g/mol. The number of nitrogens with one attached hydrogen (secondary N) is 1. The molecule has 4 aromatic carbocycles. The van der Waals surface area contributed by atoms with Crippen molar-refractivity contribution < 1.29 is 0 Å². The van der Waals surface area contributed by atoms with E-state index in [0.717, 1.165) is 0 Å². The van der Waals surface area contributed by atoms with Crippen molar-refractivity contribution in [2.75, 3.05) is 0 Å². The number of aromatic nitrogens is 1. The molecule has 0 unspecified atom stereocenters. The first-order valence-corrected chi connectivity index (χ1v) is 10.5. The topological polar surface area (TPSA) is 15.8 Å². The van der Waals surface area contributed by atoms with Gasteiger partial charge in [-0.2, -0.15) is 0 Å². The first kappa shape index (κ1) is 18.2. The fourth-order valence-electron chi connectivity index (χ4n) is 4.48. The Morgan fingerprint density at radius 3 is 1.31 bits per heavy atom. The van der Waals surface area contributed by atoms with E-state index in [-0.39, 0.29) is 10.8 Å². The number of hydrogen-bond acceptors (Lipinski definition) is 0. The molecule has 0 aliphatic rings. The maximum atomic E-state index is 3.65. The zero-order valence-electron chi connectivity index (χ0n) is 18.3. The van der Waals surface area contributed by atoms with E-state index in [1.54, 1.807) is 0 Å². The minimum absolute atomic E-state index is 0.152. The van der Waals surface area contributed by atoms with Crippen LogP contribution in [0.5, 0.6) is 0 Å².